The summed E-state index contributed by atoms with van der Waals surface area (Å²) in [5, 5.41) is 13.4. The summed E-state index contributed by atoms with van der Waals surface area (Å²) in [6.07, 6.45) is 0.999. The normalized spacial score (nSPS) is 12.5. The summed E-state index contributed by atoms with van der Waals surface area (Å²) in [6, 6.07) is 2.09. The molecule has 0 heterocycles. The number of nitriles is 1. The topological polar surface area (TPSA) is 83.9 Å². The van der Waals surface area contributed by atoms with Crippen LogP contribution in [-0.4, -0.2) is 14.2 Å². The van der Waals surface area contributed by atoms with Crippen LogP contribution >= 0.6 is 0 Å². The highest BCUT2D eigenvalue weighted by Crippen LogP contribution is 2.20. The number of rotatable bonds is 4. The molecule has 0 rings (SSSR count). The average molecular weight is 190 g/mol. The number of nitrogens with two attached hydrogens (primary N) is 1. The Morgan fingerprint density at radius 2 is 2.00 bits per heavy atom. The van der Waals surface area contributed by atoms with Crippen LogP contribution in [0.25, 0.3) is 0 Å². The summed E-state index contributed by atoms with van der Waals surface area (Å²) in [6.45, 7) is 3.55. The first-order valence-corrected chi connectivity index (χ1v) is 5.40. The Bertz CT molecular complexity index is 274. The third-order valence-corrected chi connectivity index (χ3v) is 2.39. The Morgan fingerprint density at radius 1 is 1.50 bits per heavy atom. The molecule has 0 saturated carbocycles. The Hall–Kier alpha value is -0.600. The molecule has 5 heteroatoms. The van der Waals surface area contributed by atoms with E-state index in [4.69, 9.17) is 10.4 Å². The monoisotopic (exact) mass is 190 g/mol. The van der Waals surface area contributed by atoms with Crippen LogP contribution < -0.4 is 5.14 Å². The molecule has 0 aliphatic rings. The van der Waals surface area contributed by atoms with E-state index in [0.29, 0.717) is 12.8 Å². The number of sulfonamides is 1. The van der Waals surface area contributed by atoms with E-state index in [9.17, 15) is 8.42 Å². The van der Waals surface area contributed by atoms with E-state index >= 15 is 0 Å². The van der Waals surface area contributed by atoms with Crippen LogP contribution in [0.2, 0.25) is 0 Å². The summed E-state index contributed by atoms with van der Waals surface area (Å²) in [7, 11) is -3.36. The highest BCUT2D eigenvalue weighted by Gasteiger charge is 2.16. The Morgan fingerprint density at radius 3 is 2.33 bits per heavy atom. The van der Waals surface area contributed by atoms with Crippen LogP contribution in [0, 0.1) is 16.7 Å². The standard InChI is InChI=1S/C7H14N2O2S/c1-7(2,6-8)4-3-5-12(9,10)11/h3-5H2,1-2H3,(H2,9,10,11). The smallest absolute Gasteiger partial charge is 0.209 e. The van der Waals surface area contributed by atoms with Crippen molar-refractivity contribution in [3.63, 3.8) is 0 Å². The van der Waals surface area contributed by atoms with Crippen molar-refractivity contribution in [1.82, 2.24) is 0 Å². The predicted molar refractivity (Wildman–Crippen MR) is 46.6 cm³/mol. The van der Waals surface area contributed by atoms with Gasteiger partial charge in [-0.3, -0.25) is 0 Å². The van der Waals surface area contributed by atoms with Gasteiger partial charge in [0.15, 0.2) is 0 Å². The Kier molecular flexibility index (Phi) is 3.68. The first-order valence-electron chi connectivity index (χ1n) is 3.68. The molecule has 0 spiro atoms. The molecule has 12 heavy (non-hydrogen) atoms. The fraction of sp³-hybridized carbons (Fsp3) is 0.857. The molecule has 0 atom stereocenters. The molecule has 0 unspecified atom stereocenters. The van der Waals surface area contributed by atoms with E-state index in [1.807, 2.05) is 0 Å². The minimum atomic E-state index is -3.36. The van der Waals surface area contributed by atoms with Crippen molar-refractivity contribution in [3.05, 3.63) is 0 Å². The molecule has 0 aromatic heterocycles. The zero-order valence-electron chi connectivity index (χ0n) is 7.37. The molecule has 0 amide bonds. The van der Waals surface area contributed by atoms with E-state index in [0.717, 1.165) is 0 Å². The van der Waals surface area contributed by atoms with E-state index in [1.54, 1.807) is 13.8 Å². The lowest BCUT2D eigenvalue weighted by atomic mass is 9.90. The van der Waals surface area contributed by atoms with Crippen molar-refractivity contribution >= 4 is 10.0 Å². The maximum absolute atomic E-state index is 10.5. The number of hydrogen-bond donors (Lipinski definition) is 1. The zero-order valence-corrected chi connectivity index (χ0v) is 8.19. The van der Waals surface area contributed by atoms with E-state index < -0.39 is 15.4 Å². The van der Waals surface area contributed by atoms with Crippen LogP contribution in [-0.2, 0) is 10.0 Å². The Balaban J connectivity index is 3.82. The van der Waals surface area contributed by atoms with Crippen molar-refractivity contribution in [2.75, 3.05) is 5.75 Å². The van der Waals surface area contributed by atoms with Crippen LogP contribution in [0.1, 0.15) is 26.7 Å². The third kappa shape index (κ3) is 6.13. The van der Waals surface area contributed by atoms with Gasteiger partial charge < -0.3 is 0 Å². The largest absolute Gasteiger partial charge is 0.229 e. The molecule has 0 saturated heterocycles. The number of nitrogens with zero attached hydrogens (tertiary/aromatic N) is 1. The summed E-state index contributed by atoms with van der Waals surface area (Å²) in [5.41, 5.74) is -0.454. The van der Waals surface area contributed by atoms with Gasteiger partial charge in [-0.2, -0.15) is 5.26 Å². The van der Waals surface area contributed by atoms with E-state index in [-0.39, 0.29) is 5.75 Å². The second-order valence-corrected chi connectivity index (χ2v) is 5.20. The van der Waals surface area contributed by atoms with Crippen molar-refractivity contribution in [2.24, 2.45) is 10.6 Å². The van der Waals surface area contributed by atoms with Crippen molar-refractivity contribution in [2.45, 2.75) is 26.7 Å². The van der Waals surface area contributed by atoms with Gasteiger partial charge in [0.05, 0.1) is 17.2 Å². The molecule has 0 aromatic carbocycles. The lowest BCUT2D eigenvalue weighted by Gasteiger charge is -2.13. The van der Waals surface area contributed by atoms with Gasteiger partial charge in [0, 0.05) is 0 Å². The molecule has 0 fully saturated rings. The fourth-order valence-electron chi connectivity index (χ4n) is 0.771. The average Bonchev–Trinajstić information content (AvgIpc) is 1.84. The minimum absolute atomic E-state index is 0.0435. The van der Waals surface area contributed by atoms with Crippen molar-refractivity contribution < 1.29 is 8.42 Å². The second kappa shape index (κ2) is 3.87. The number of hydrogen-bond acceptors (Lipinski definition) is 3. The maximum atomic E-state index is 10.5. The van der Waals surface area contributed by atoms with Crippen LogP contribution in [0.15, 0.2) is 0 Å². The van der Waals surface area contributed by atoms with Gasteiger partial charge in [-0.1, -0.05) is 0 Å². The quantitative estimate of drug-likeness (QED) is 0.704. The molecule has 0 aliphatic heterocycles. The summed E-state index contributed by atoms with van der Waals surface area (Å²) < 4.78 is 21.0. The van der Waals surface area contributed by atoms with Gasteiger partial charge >= 0.3 is 0 Å². The van der Waals surface area contributed by atoms with Gasteiger partial charge in [0.1, 0.15) is 0 Å². The van der Waals surface area contributed by atoms with E-state index in [2.05, 4.69) is 6.07 Å². The lowest BCUT2D eigenvalue weighted by molar-refractivity contribution is 0.445. The molecular weight excluding hydrogens is 176 g/mol. The summed E-state index contributed by atoms with van der Waals surface area (Å²) >= 11 is 0. The van der Waals surface area contributed by atoms with Gasteiger partial charge in [0.25, 0.3) is 0 Å². The fourth-order valence-corrected chi connectivity index (χ4v) is 1.32. The molecule has 0 aliphatic carbocycles. The Labute approximate surface area is 73.4 Å². The highest BCUT2D eigenvalue weighted by molar-refractivity contribution is 7.89. The number of primary sulfonamides is 1. The first-order chi connectivity index (χ1) is 5.27. The zero-order chi connectivity index (χ0) is 9.83. The van der Waals surface area contributed by atoms with Crippen molar-refractivity contribution in [1.29, 1.82) is 5.26 Å². The van der Waals surface area contributed by atoms with Gasteiger partial charge in [-0.25, -0.2) is 13.6 Å². The molecular formula is C7H14N2O2S. The molecule has 2 N–H and O–H groups in total. The lowest BCUT2D eigenvalue weighted by Crippen LogP contribution is -2.18. The SMILES string of the molecule is CC(C)(C#N)CCCS(N)(=O)=O. The minimum Gasteiger partial charge on any atom is -0.229 e. The van der Waals surface area contributed by atoms with Crippen LogP contribution in [0.3, 0.4) is 0 Å². The van der Waals surface area contributed by atoms with Crippen LogP contribution in [0.5, 0.6) is 0 Å². The molecule has 70 valence electrons. The highest BCUT2D eigenvalue weighted by atomic mass is 32.2. The molecule has 0 aromatic rings. The molecule has 0 bridgehead atoms. The maximum Gasteiger partial charge on any atom is 0.209 e. The molecule has 4 nitrogen and oxygen atoms in total. The van der Waals surface area contributed by atoms with Gasteiger partial charge in [-0.05, 0) is 26.7 Å². The van der Waals surface area contributed by atoms with Crippen LogP contribution in [0.4, 0.5) is 0 Å². The van der Waals surface area contributed by atoms with Gasteiger partial charge in [-0.15, -0.1) is 0 Å². The summed E-state index contributed by atoms with van der Waals surface area (Å²) in [5.74, 6) is -0.0435. The van der Waals surface area contributed by atoms with E-state index in [1.165, 1.54) is 0 Å². The first kappa shape index (κ1) is 11.4. The van der Waals surface area contributed by atoms with Gasteiger partial charge in [0.2, 0.25) is 10.0 Å². The second-order valence-electron chi connectivity index (χ2n) is 3.47. The third-order valence-electron chi connectivity index (χ3n) is 1.53. The van der Waals surface area contributed by atoms with Crippen molar-refractivity contribution in [3.8, 4) is 6.07 Å². The predicted octanol–water partition coefficient (Wildman–Crippen LogP) is 0.605. The molecule has 0 radical (unpaired) electrons. The summed E-state index contributed by atoms with van der Waals surface area (Å²) in [4.78, 5) is 0.